The van der Waals surface area contributed by atoms with Gasteiger partial charge >= 0.3 is 0 Å². The first-order valence-electron chi connectivity index (χ1n) is 9.46. The van der Waals surface area contributed by atoms with E-state index in [-0.39, 0.29) is 11.9 Å². The van der Waals surface area contributed by atoms with Crippen LogP contribution < -0.4 is 14.8 Å². The van der Waals surface area contributed by atoms with Crippen LogP contribution in [0.15, 0.2) is 42.5 Å². The van der Waals surface area contributed by atoms with Crippen LogP contribution in [-0.4, -0.2) is 25.1 Å². The third-order valence-electron chi connectivity index (χ3n) is 4.66. The highest BCUT2D eigenvalue weighted by molar-refractivity contribution is 7.18. The van der Waals surface area contributed by atoms with Crippen molar-refractivity contribution in [3.8, 4) is 11.5 Å². The van der Waals surface area contributed by atoms with E-state index in [2.05, 4.69) is 16.4 Å². The van der Waals surface area contributed by atoms with Crippen molar-refractivity contribution < 1.29 is 14.3 Å². The maximum Gasteiger partial charge on any atom is 0.220 e. The lowest BCUT2D eigenvalue weighted by Gasteiger charge is -2.18. The van der Waals surface area contributed by atoms with Gasteiger partial charge in [-0.15, -0.1) is 11.3 Å². The van der Waals surface area contributed by atoms with Crippen molar-refractivity contribution in [2.45, 2.75) is 38.6 Å². The maximum atomic E-state index is 12.3. The number of hydrogen-bond donors (Lipinski definition) is 1. The van der Waals surface area contributed by atoms with Crippen LogP contribution >= 0.6 is 11.3 Å². The first-order valence-corrected chi connectivity index (χ1v) is 10.3. The van der Waals surface area contributed by atoms with E-state index in [1.54, 1.807) is 25.6 Å². The van der Waals surface area contributed by atoms with Crippen LogP contribution in [0.1, 0.15) is 42.8 Å². The fourth-order valence-electron chi connectivity index (χ4n) is 3.16. The number of hydrogen-bond acceptors (Lipinski definition) is 5. The molecule has 28 heavy (non-hydrogen) atoms. The Morgan fingerprint density at radius 1 is 1.14 bits per heavy atom. The van der Waals surface area contributed by atoms with Gasteiger partial charge in [-0.1, -0.05) is 12.1 Å². The lowest BCUT2D eigenvalue weighted by molar-refractivity contribution is -0.121. The molecule has 0 fully saturated rings. The molecule has 0 bridgehead atoms. The third-order valence-corrected chi connectivity index (χ3v) is 5.76. The number of aromatic nitrogens is 1. The molecule has 1 amide bonds. The molecule has 0 saturated heterocycles. The van der Waals surface area contributed by atoms with Crippen LogP contribution in [0.3, 0.4) is 0 Å². The van der Waals surface area contributed by atoms with E-state index in [0.29, 0.717) is 6.42 Å². The number of ether oxygens (including phenoxy) is 2. The summed E-state index contributed by atoms with van der Waals surface area (Å²) in [5.74, 6) is 1.53. The van der Waals surface area contributed by atoms with Crippen molar-refractivity contribution in [1.82, 2.24) is 10.3 Å². The lowest BCUT2D eigenvalue weighted by atomic mass is 10.1. The number of methoxy groups -OCH3 is 2. The molecule has 0 spiro atoms. The summed E-state index contributed by atoms with van der Waals surface area (Å²) in [6.07, 6.45) is 3.20. The molecule has 0 aliphatic carbocycles. The minimum absolute atomic E-state index is 0.0432. The van der Waals surface area contributed by atoms with Gasteiger partial charge in [-0.2, -0.15) is 0 Å². The number of carbonyl (C=O) groups excluding carboxylic acids is 1. The number of amides is 1. The Hall–Kier alpha value is -2.60. The number of para-hydroxylation sites is 1. The molecule has 3 aromatic rings. The van der Waals surface area contributed by atoms with Crippen LogP contribution in [0.4, 0.5) is 0 Å². The lowest BCUT2D eigenvalue weighted by Crippen LogP contribution is -2.26. The van der Waals surface area contributed by atoms with E-state index in [9.17, 15) is 4.79 Å². The van der Waals surface area contributed by atoms with Gasteiger partial charge < -0.3 is 14.8 Å². The summed E-state index contributed by atoms with van der Waals surface area (Å²) in [6.45, 7) is 1.95. The van der Waals surface area contributed by atoms with E-state index in [1.165, 1.54) is 4.70 Å². The zero-order valence-corrected chi connectivity index (χ0v) is 17.3. The van der Waals surface area contributed by atoms with Gasteiger partial charge in [-0.25, -0.2) is 4.98 Å². The molecule has 0 aliphatic heterocycles. The van der Waals surface area contributed by atoms with Crippen molar-refractivity contribution in [1.29, 1.82) is 0 Å². The summed E-state index contributed by atoms with van der Waals surface area (Å²) >= 11 is 1.73. The molecule has 1 aromatic heterocycles. The Labute approximate surface area is 169 Å². The predicted octanol–water partition coefficient (Wildman–Crippen LogP) is 4.90. The molecule has 1 N–H and O–H groups in total. The Morgan fingerprint density at radius 2 is 1.96 bits per heavy atom. The number of benzene rings is 2. The van der Waals surface area contributed by atoms with Crippen LogP contribution in [0, 0.1) is 0 Å². The second kappa shape index (κ2) is 9.55. The molecule has 3 rings (SSSR count). The highest BCUT2D eigenvalue weighted by Gasteiger charge is 2.15. The molecule has 1 heterocycles. The zero-order chi connectivity index (χ0) is 19.9. The highest BCUT2D eigenvalue weighted by Crippen LogP contribution is 2.29. The van der Waals surface area contributed by atoms with E-state index < -0.39 is 0 Å². The molecule has 0 saturated carbocycles. The Balaban J connectivity index is 1.47. The van der Waals surface area contributed by atoms with Crippen molar-refractivity contribution in [3.63, 3.8) is 0 Å². The summed E-state index contributed by atoms with van der Waals surface area (Å²) in [5.41, 5.74) is 1.96. The van der Waals surface area contributed by atoms with E-state index in [0.717, 1.165) is 46.8 Å². The van der Waals surface area contributed by atoms with Crippen molar-refractivity contribution in [3.05, 3.63) is 53.0 Å². The number of rotatable bonds is 9. The molecule has 2 aromatic carbocycles. The summed E-state index contributed by atoms with van der Waals surface area (Å²) in [6, 6.07) is 13.6. The Bertz CT molecular complexity index is 905. The number of nitrogens with one attached hydrogen (secondary N) is 1. The molecule has 6 heteroatoms. The second-order valence-electron chi connectivity index (χ2n) is 6.68. The predicted molar refractivity (Wildman–Crippen MR) is 113 cm³/mol. The van der Waals surface area contributed by atoms with Gasteiger partial charge in [0.2, 0.25) is 5.91 Å². The molecule has 5 nitrogen and oxygen atoms in total. The topological polar surface area (TPSA) is 60.5 Å². The second-order valence-corrected chi connectivity index (χ2v) is 7.79. The first kappa shape index (κ1) is 20.1. The van der Waals surface area contributed by atoms with Gasteiger partial charge in [0.25, 0.3) is 0 Å². The van der Waals surface area contributed by atoms with Gasteiger partial charge in [-0.05, 0) is 56.5 Å². The van der Waals surface area contributed by atoms with Gasteiger partial charge in [0, 0.05) is 12.0 Å². The number of unbranched alkanes of at least 4 members (excludes halogenated alkanes) is 1. The molecule has 0 radical (unpaired) electrons. The molecule has 1 atom stereocenters. The Morgan fingerprint density at radius 3 is 2.71 bits per heavy atom. The fraction of sp³-hybridized carbons (Fsp3) is 0.364. The summed E-state index contributed by atoms with van der Waals surface area (Å²) < 4.78 is 11.9. The average Bonchev–Trinajstić information content (AvgIpc) is 3.13. The van der Waals surface area contributed by atoms with E-state index in [1.807, 2.05) is 43.3 Å². The molecular weight excluding hydrogens is 372 g/mol. The van der Waals surface area contributed by atoms with Gasteiger partial charge in [-0.3, -0.25) is 4.79 Å². The van der Waals surface area contributed by atoms with E-state index in [4.69, 9.17) is 9.47 Å². The molecular formula is C22H26N2O3S. The van der Waals surface area contributed by atoms with Crippen LogP contribution in [-0.2, 0) is 11.2 Å². The summed E-state index contributed by atoms with van der Waals surface area (Å²) in [4.78, 5) is 17.0. The number of carbonyl (C=O) groups is 1. The first-order chi connectivity index (χ1) is 13.6. The van der Waals surface area contributed by atoms with Crippen molar-refractivity contribution in [2.75, 3.05) is 14.2 Å². The van der Waals surface area contributed by atoms with Crippen molar-refractivity contribution >= 4 is 27.5 Å². The van der Waals surface area contributed by atoms with Gasteiger partial charge in [0.15, 0.2) is 0 Å². The van der Waals surface area contributed by atoms with Crippen LogP contribution in [0.2, 0.25) is 0 Å². The minimum atomic E-state index is -0.151. The largest absolute Gasteiger partial charge is 0.497 e. The van der Waals surface area contributed by atoms with Gasteiger partial charge in [0.1, 0.15) is 11.5 Å². The summed E-state index contributed by atoms with van der Waals surface area (Å²) in [5, 5.41) is 4.19. The van der Waals surface area contributed by atoms with Crippen LogP contribution in [0.5, 0.6) is 11.5 Å². The maximum absolute atomic E-state index is 12.3. The van der Waals surface area contributed by atoms with E-state index >= 15 is 0 Å². The number of nitrogens with zero attached hydrogens (tertiary/aromatic N) is 1. The summed E-state index contributed by atoms with van der Waals surface area (Å²) in [7, 11) is 3.25. The average molecular weight is 399 g/mol. The Kier molecular flexibility index (Phi) is 6.87. The van der Waals surface area contributed by atoms with Crippen molar-refractivity contribution in [2.24, 2.45) is 0 Å². The quantitative estimate of drug-likeness (QED) is 0.521. The SMILES string of the molecule is COc1ccc(OC)c([C@H](C)NC(=O)CCCCc2nc3ccccc3s2)c1. The number of fused-ring (bicyclic) bond motifs is 1. The fourth-order valence-corrected chi connectivity index (χ4v) is 4.17. The monoisotopic (exact) mass is 398 g/mol. The zero-order valence-electron chi connectivity index (χ0n) is 16.5. The molecule has 0 aliphatic rings. The molecule has 0 unspecified atom stereocenters. The molecule has 148 valence electrons. The third kappa shape index (κ3) is 5.01. The standard InChI is InChI=1S/C22H26N2O3S/c1-15(17-14-16(26-2)12-13-19(17)27-3)23-21(25)10-6-7-11-22-24-18-8-4-5-9-20(18)28-22/h4-5,8-9,12-15H,6-7,10-11H2,1-3H3,(H,23,25)/t15-/m0/s1. The normalized spacial score (nSPS) is 12.0. The smallest absolute Gasteiger partial charge is 0.220 e. The number of thiazole rings is 1. The highest BCUT2D eigenvalue weighted by atomic mass is 32.1. The van der Waals surface area contributed by atoms with Crippen LogP contribution in [0.25, 0.3) is 10.2 Å². The van der Waals surface area contributed by atoms with Gasteiger partial charge in [0.05, 0.1) is 35.5 Å². The minimum Gasteiger partial charge on any atom is -0.497 e. The number of aryl methyl sites for hydroxylation is 1.